The molecule has 1 aliphatic rings. The van der Waals surface area contributed by atoms with Gasteiger partial charge >= 0.3 is 12.0 Å². The lowest BCUT2D eigenvalue weighted by Gasteiger charge is -2.14. The fourth-order valence-corrected chi connectivity index (χ4v) is 1.42. The van der Waals surface area contributed by atoms with Crippen molar-refractivity contribution in [3.8, 4) is 6.07 Å². The molecule has 0 amide bonds. The molecule has 0 spiro atoms. The summed E-state index contributed by atoms with van der Waals surface area (Å²) in [5.74, 6) is -0.803. The standard InChI is InChI=1S/C11H16N4O4/c1-3-18-10(16)9(8-12)14-19-11(13-2)15-4-6-17-7-5-15/h3-7H2,1-2H3/p+1/b14-9-. The monoisotopic (exact) mass is 269 g/mol. The molecule has 1 heterocycles. The molecule has 19 heavy (non-hydrogen) atoms. The highest BCUT2D eigenvalue weighted by atomic mass is 16.7. The Morgan fingerprint density at radius 2 is 2.21 bits per heavy atom. The number of amidine groups is 1. The van der Waals surface area contributed by atoms with Gasteiger partial charge in [-0.25, -0.2) is 14.7 Å². The molecule has 0 saturated carbocycles. The summed E-state index contributed by atoms with van der Waals surface area (Å²) in [5.41, 5.74) is -0.428. The number of carbonyl (C=O) groups is 1. The van der Waals surface area contributed by atoms with E-state index < -0.39 is 11.7 Å². The van der Waals surface area contributed by atoms with Crippen LogP contribution >= 0.6 is 0 Å². The molecule has 0 atom stereocenters. The lowest BCUT2D eigenvalue weighted by atomic mass is 10.4. The summed E-state index contributed by atoms with van der Waals surface area (Å²) >= 11 is 0. The van der Waals surface area contributed by atoms with Crippen LogP contribution in [0.2, 0.25) is 0 Å². The zero-order valence-corrected chi connectivity index (χ0v) is 11.0. The fraction of sp³-hybridized carbons (Fsp3) is 0.636. The van der Waals surface area contributed by atoms with Crippen LogP contribution in [0.15, 0.2) is 5.16 Å². The van der Waals surface area contributed by atoms with E-state index in [2.05, 4.69) is 15.2 Å². The summed E-state index contributed by atoms with van der Waals surface area (Å²) in [7, 11) is 1.66. The Bertz CT molecular complexity index is 417. The number of nitrogens with zero attached hydrogens (tertiary/aromatic N) is 3. The van der Waals surface area contributed by atoms with Crippen molar-refractivity contribution in [2.45, 2.75) is 6.92 Å². The van der Waals surface area contributed by atoms with Gasteiger partial charge < -0.3 is 9.47 Å². The number of oxime groups is 1. The zero-order valence-electron chi connectivity index (χ0n) is 11.0. The predicted molar refractivity (Wildman–Crippen MR) is 65.6 cm³/mol. The second-order valence-electron chi connectivity index (χ2n) is 3.52. The maximum atomic E-state index is 11.3. The molecule has 0 aromatic heterocycles. The van der Waals surface area contributed by atoms with Crippen LogP contribution in [-0.4, -0.2) is 62.2 Å². The molecule has 0 aliphatic carbocycles. The van der Waals surface area contributed by atoms with Crippen molar-refractivity contribution in [3.63, 3.8) is 0 Å². The highest BCUT2D eigenvalue weighted by Gasteiger charge is 2.19. The van der Waals surface area contributed by atoms with Crippen LogP contribution in [0.1, 0.15) is 6.92 Å². The highest BCUT2D eigenvalue weighted by Crippen LogP contribution is 1.93. The van der Waals surface area contributed by atoms with Gasteiger partial charge in [-0.15, -0.1) is 0 Å². The Hall–Kier alpha value is -2.14. The van der Waals surface area contributed by atoms with Crippen molar-refractivity contribution in [1.29, 1.82) is 5.26 Å². The number of ether oxygens (including phenoxy) is 2. The molecule has 0 aromatic rings. The fourth-order valence-electron chi connectivity index (χ4n) is 1.42. The van der Waals surface area contributed by atoms with Gasteiger partial charge in [0.15, 0.2) is 0 Å². The zero-order chi connectivity index (χ0) is 14.1. The molecule has 0 bridgehead atoms. The summed E-state index contributed by atoms with van der Waals surface area (Å²) < 4.78 is 11.7. The molecule has 0 aromatic carbocycles. The van der Waals surface area contributed by atoms with E-state index in [1.165, 1.54) is 0 Å². The van der Waals surface area contributed by atoms with E-state index in [1.807, 2.05) is 4.58 Å². The Labute approximate surface area is 111 Å². The summed E-state index contributed by atoms with van der Waals surface area (Å²) in [6, 6.07) is 2.00. The smallest absolute Gasteiger partial charge is 0.461 e. The molecule has 1 N–H and O–H groups in total. The third-order valence-corrected chi connectivity index (χ3v) is 2.31. The minimum absolute atomic E-state index is 0.172. The molecule has 1 aliphatic heterocycles. The third kappa shape index (κ3) is 4.56. The molecule has 8 heteroatoms. The van der Waals surface area contributed by atoms with Crippen molar-refractivity contribution in [2.24, 2.45) is 5.16 Å². The first-order valence-corrected chi connectivity index (χ1v) is 5.92. The Morgan fingerprint density at radius 1 is 1.53 bits per heavy atom. The van der Waals surface area contributed by atoms with Gasteiger partial charge in [-0.1, -0.05) is 5.16 Å². The van der Waals surface area contributed by atoms with Gasteiger partial charge in [0.1, 0.15) is 19.2 Å². The van der Waals surface area contributed by atoms with Gasteiger partial charge in [-0.3, -0.25) is 4.84 Å². The van der Waals surface area contributed by atoms with E-state index in [1.54, 1.807) is 20.0 Å². The molecule has 1 saturated heterocycles. The van der Waals surface area contributed by atoms with Crippen LogP contribution in [0, 0.1) is 11.3 Å². The minimum atomic E-state index is -0.803. The number of morpholine rings is 1. The van der Waals surface area contributed by atoms with E-state index in [-0.39, 0.29) is 6.61 Å². The van der Waals surface area contributed by atoms with Crippen LogP contribution < -0.4 is 5.32 Å². The number of rotatable bonds is 3. The molecule has 0 unspecified atom stereocenters. The predicted octanol–water partition coefficient (Wildman–Crippen LogP) is -0.936. The molecular weight excluding hydrogens is 252 g/mol. The van der Waals surface area contributed by atoms with Crippen LogP contribution in [0.4, 0.5) is 0 Å². The Balaban J connectivity index is 2.75. The van der Waals surface area contributed by atoms with Crippen molar-refractivity contribution >= 4 is 17.7 Å². The van der Waals surface area contributed by atoms with Gasteiger partial charge in [0, 0.05) is 0 Å². The van der Waals surface area contributed by atoms with E-state index in [0.717, 1.165) is 0 Å². The summed E-state index contributed by atoms with van der Waals surface area (Å²) in [6.45, 7) is 4.28. The number of nitriles is 1. The van der Waals surface area contributed by atoms with E-state index in [9.17, 15) is 4.79 Å². The van der Waals surface area contributed by atoms with Crippen molar-refractivity contribution < 1.29 is 23.7 Å². The van der Waals surface area contributed by atoms with Crippen molar-refractivity contribution in [1.82, 2.24) is 5.32 Å². The lowest BCUT2D eigenvalue weighted by molar-refractivity contribution is -0.558. The first-order valence-electron chi connectivity index (χ1n) is 5.92. The molecular formula is C11H17N4O4+. The normalized spacial score (nSPS) is 15.4. The van der Waals surface area contributed by atoms with Gasteiger partial charge in [0.25, 0.3) is 5.71 Å². The number of esters is 1. The lowest BCUT2D eigenvalue weighted by Crippen LogP contribution is -2.39. The average Bonchev–Trinajstić information content (AvgIpc) is 2.45. The number of hydrogen-bond donors (Lipinski definition) is 1. The van der Waals surface area contributed by atoms with E-state index >= 15 is 0 Å². The van der Waals surface area contributed by atoms with Crippen LogP contribution in [0.5, 0.6) is 0 Å². The minimum Gasteiger partial charge on any atom is -0.461 e. The van der Waals surface area contributed by atoms with Gasteiger partial charge in [0.05, 0.1) is 26.9 Å². The number of carbonyl (C=O) groups excluding carboxylic acids is 1. The third-order valence-electron chi connectivity index (χ3n) is 2.31. The van der Waals surface area contributed by atoms with Crippen molar-refractivity contribution in [2.75, 3.05) is 40.0 Å². The molecule has 8 nitrogen and oxygen atoms in total. The van der Waals surface area contributed by atoms with Gasteiger partial charge in [-0.05, 0) is 6.92 Å². The average molecular weight is 269 g/mol. The van der Waals surface area contributed by atoms with Crippen LogP contribution in [-0.2, 0) is 19.1 Å². The second kappa shape index (κ2) is 8.05. The molecule has 1 fully saturated rings. The Kier molecular flexibility index (Phi) is 6.32. The van der Waals surface area contributed by atoms with Crippen LogP contribution in [0.3, 0.4) is 0 Å². The second-order valence-corrected chi connectivity index (χ2v) is 3.52. The first-order chi connectivity index (χ1) is 9.22. The van der Waals surface area contributed by atoms with E-state index in [4.69, 9.17) is 14.8 Å². The quantitative estimate of drug-likeness (QED) is 0.234. The number of nitrogens with one attached hydrogen (secondary N) is 1. The maximum absolute atomic E-state index is 11.3. The van der Waals surface area contributed by atoms with Gasteiger partial charge in [-0.2, -0.15) is 5.26 Å². The maximum Gasteiger partial charge on any atom is 0.470 e. The molecule has 104 valence electrons. The van der Waals surface area contributed by atoms with E-state index in [0.29, 0.717) is 32.3 Å². The molecule has 1 rings (SSSR count). The summed E-state index contributed by atoms with van der Waals surface area (Å²) in [6.07, 6.45) is 0. The SMILES string of the molecule is CCOC(=O)/C(C#N)=N\OC(NC)=[N+]1CCOCC1. The highest BCUT2D eigenvalue weighted by molar-refractivity contribution is 6.42. The summed E-state index contributed by atoms with van der Waals surface area (Å²) in [5, 5.41) is 15.1. The number of hydrogen-bond acceptors (Lipinski definition) is 6. The van der Waals surface area contributed by atoms with Crippen molar-refractivity contribution in [3.05, 3.63) is 0 Å². The largest absolute Gasteiger partial charge is 0.470 e. The summed E-state index contributed by atoms with van der Waals surface area (Å²) in [4.78, 5) is 16.4. The topological polar surface area (TPSA) is 96.0 Å². The Morgan fingerprint density at radius 3 is 2.74 bits per heavy atom. The molecule has 0 radical (unpaired) electrons. The van der Waals surface area contributed by atoms with Gasteiger partial charge in [0.2, 0.25) is 0 Å². The van der Waals surface area contributed by atoms with Crippen LogP contribution in [0.25, 0.3) is 0 Å². The first kappa shape index (κ1) is 14.9.